The summed E-state index contributed by atoms with van der Waals surface area (Å²) in [5, 5.41) is 3.45. The molecule has 118 valence electrons. The van der Waals surface area contributed by atoms with Gasteiger partial charge in [-0.3, -0.25) is 4.98 Å². The second-order valence-electron chi connectivity index (χ2n) is 5.35. The molecular weight excluding hydrogens is 268 g/mol. The maximum atomic E-state index is 5.16. The van der Waals surface area contributed by atoms with Crippen LogP contribution < -0.4 is 10.2 Å². The first kappa shape index (κ1) is 16.1. The minimum atomic E-state index is 0.680. The topological polar surface area (TPSA) is 59.5 Å². The van der Waals surface area contributed by atoms with Crippen LogP contribution in [0.25, 0.3) is 0 Å². The van der Waals surface area contributed by atoms with E-state index >= 15 is 0 Å². The molecular formula is C15H26N4O2. The smallest absolute Gasteiger partial charge is 0.147 e. The molecule has 0 radical (unpaired) electrons. The SMILES string of the molecule is COCCCN(CCOC)c1cnc(CNC2CC2)cn1. The summed E-state index contributed by atoms with van der Waals surface area (Å²) in [7, 11) is 3.44. The molecule has 1 N–H and O–H groups in total. The first-order valence-electron chi connectivity index (χ1n) is 7.60. The van der Waals surface area contributed by atoms with Gasteiger partial charge in [-0.25, -0.2) is 4.98 Å². The van der Waals surface area contributed by atoms with Crippen LogP contribution in [-0.4, -0.2) is 56.5 Å². The second kappa shape index (κ2) is 8.92. The molecule has 0 atom stereocenters. The lowest BCUT2D eigenvalue weighted by molar-refractivity contribution is 0.191. The first-order chi connectivity index (χ1) is 10.3. The second-order valence-corrected chi connectivity index (χ2v) is 5.35. The van der Waals surface area contributed by atoms with Gasteiger partial charge in [0, 0.05) is 46.5 Å². The quantitative estimate of drug-likeness (QED) is 0.619. The molecule has 0 aromatic carbocycles. The van der Waals surface area contributed by atoms with Crippen molar-refractivity contribution >= 4 is 5.82 Å². The standard InChI is InChI=1S/C15H26N4O2/c1-20-8-3-6-19(7-9-21-2)15-12-17-14(11-18-15)10-16-13-4-5-13/h11-13,16H,3-10H2,1-2H3. The van der Waals surface area contributed by atoms with Crippen molar-refractivity contribution in [2.75, 3.05) is 45.4 Å². The van der Waals surface area contributed by atoms with Crippen molar-refractivity contribution in [1.29, 1.82) is 0 Å². The summed E-state index contributed by atoms with van der Waals surface area (Å²) in [6.07, 6.45) is 7.26. The highest BCUT2D eigenvalue weighted by molar-refractivity contribution is 5.35. The number of nitrogens with zero attached hydrogens (tertiary/aromatic N) is 3. The number of rotatable bonds is 11. The van der Waals surface area contributed by atoms with Gasteiger partial charge >= 0.3 is 0 Å². The summed E-state index contributed by atoms with van der Waals surface area (Å²) in [5.74, 6) is 0.901. The van der Waals surface area contributed by atoms with Crippen molar-refractivity contribution in [2.45, 2.75) is 31.8 Å². The molecule has 0 aliphatic heterocycles. The highest BCUT2D eigenvalue weighted by Crippen LogP contribution is 2.19. The number of aromatic nitrogens is 2. The van der Waals surface area contributed by atoms with Crippen LogP contribution >= 0.6 is 0 Å². The zero-order valence-corrected chi connectivity index (χ0v) is 13.0. The molecule has 1 aromatic heterocycles. The van der Waals surface area contributed by atoms with Crippen LogP contribution in [-0.2, 0) is 16.0 Å². The van der Waals surface area contributed by atoms with Gasteiger partial charge in [-0.15, -0.1) is 0 Å². The van der Waals surface area contributed by atoms with Gasteiger partial charge in [-0.1, -0.05) is 0 Å². The van der Waals surface area contributed by atoms with Crippen LogP contribution in [0.15, 0.2) is 12.4 Å². The summed E-state index contributed by atoms with van der Waals surface area (Å²) >= 11 is 0. The number of ether oxygens (including phenoxy) is 2. The lowest BCUT2D eigenvalue weighted by Crippen LogP contribution is -2.30. The molecule has 6 heteroatoms. The fourth-order valence-electron chi connectivity index (χ4n) is 2.08. The fraction of sp³-hybridized carbons (Fsp3) is 0.733. The van der Waals surface area contributed by atoms with Gasteiger partial charge in [0.15, 0.2) is 0 Å². The Hall–Kier alpha value is -1.24. The van der Waals surface area contributed by atoms with Crippen molar-refractivity contribution in [2.24, 2.45) is 0 Å². The van der Waals surface area contributed by atoms with Gasteiger partial charge in [0.2, 0.25) is 0 Å². The van der Waals surface area contributed by atoms with Crippen LogP contribution in [0.1, 0.15) is 25.0 Å². The van der Waals surface area contributed by atoms with Crippen LogP contribution in [0, 0.1) is 0 Å². The summed E-state index contributed by atoms with van der Waals surface area (Å²) in [6, 6.07) is 0.693. The van der Waals surface area contributed by atoms with E-state index in [2.05, 4.69) is 20.2 Å². The molecule has 6 nitrogen and oxygen atoms in total. The third kappa shape index (κ3) is 5.95. The van der Waals surface area contributed by atoms with Gasteiger partial charge in [0.25, 0.3) is 0 Å². The largest absolute Gasteiger partial charge is 0.385 e. The number of anilines is 1. The lowest BCUT2D eigenvalue weighted by Gasteiger charge is -2.23. The monoisotopic (exact) mass is 294 g/mol. The van der Waals surface area contributed by atoms with Crippen molar-refractivity contribution in [3.63, 3.8) is 0 Å². The van der Waals surface area contributed by atoms with Crippen molar-refractivity contribution in [3.05, 3.63) is 18.1 Å². The molecule has 0 unspecified atom stereocenters. The van der Waals surface area contributed by atoms with Crippen LogP contribution in [0.4, 0.5) is 5.82 Å². The van der Waals surface area contributed by atoms with Gasteiger partial charge in [0.05, 0.1) is 24.7 Å². The fourth-order valence-corrected chi connectivity index (χ4v) is 2.08. The van der Waals surface area contributed by atoms with Gasteiger partial charge in [-0.05, 0) is 19.3 Å². The molecule has 1 aliphatic carbocycles. The van der Waals surface area contributed by atoms with Gasteiger partial charge in [-0.2, -0.15) is 0 Å². The van der Waals surface area contributed by atoms with E-state index in [4.69, 9.17) is 9.47 Å². The molecule has 1 fully saturated rings. The molecule has 2 rings (SSSR count). The van der Waals surface area contributed by atoms with Crippen molar-refractivity contribution in [3.8, 4) is 0 Å². The number of methoxy groups -OCH3 is 2. The molecule has 0 bridgehead atoms. The van der Waals surface area contributed by atoms with Crippen LogP contribution in [0.3, 0.4) is 0 Å². The van der Waals surface area contributed by atoms with E-state index in [9.17, 15) is 0 Å². The third-order valence-corrected chi connectivity index (χ3v) is 3.51. The van der Waals surface area contributed by atoms with Crippen molar-refractivity contribution < 1.29 is 9.47 Å². The first-order valence-corrected chi connectivity index (χ1v) is 7.60. The van der Waals surface area contributed by atoms with E-state index in [0.717, 1.165) is 44.2 Å². The molecule has 1 heterocycles. The van der Waals surface area contributed by atoms with Gasteiger partial charge in [0.1, 0.15) is 5.82 Å². The Morgan fingerprint density at radius 2 is 1.95 bits per heavy atom. The van der Waals surface area contributed by atoms with Gasteiger partial charge < -0.3 is 19.7 Å². The Balaban J connectivity index is 1.86. The van der Waals surface area contributed by atoms with Crippen LogP contribution in [0.5, 0.6) is 0 Å². The van der Waals surface area contributed by atoms with E-state index in [1.165, 1.54) is 12.8 Å². The highest BCUT2D eigenvalue weighted by Gasteiger charge is 2.20. The lowest BCUT2D eigenvalue weighted by atomic mass is 10.3. The number of nitrogens with one attached hydrogen (secondary N) is 1. The molecule has 1 aromatic rings. The Morgan fingerprint density at radius 3 is 2.57 bits per heavy atom. The third-order valence-electron chi connectivity index (χ3n) is 3.51. The van der Waals surface area contributed by atoms with E-state index in [-0.39, 0.29) is 0 Å². The molecule has 0 amide bonds. The molecule has 21 heavy (non-hydrogen) atoms. The maximum Gasteiger partial charge on any atom is 0.147 e. The van der Waals surface area contributed by atoms with E-state index in [1.807, 2.05) is 12.4 Å². The molecule has 0 spiro atoms. The molecule has 1 aliphatic rings. The Labute approximate surface area is 126 Å². The summed E-state index contributed by atoms with van der Waals surface area (Å²) < 4.78 is 10.3. The molecule has 0 saturated heterocycles. The number of hydrogen-bond donors (Lipinski definition) is 1. The molecule has 1 saturated carbocycles. The summed E-state index contributed by atoms with van der Waals surface area (Å²) in [5.41, 5.74) is 0.995. The normalized spacial score (nSPS) is 14.4. The van der Waals surface area contributed by atoms with E-state index in [0.29, 0.717) is 12.6 Å². The minimum absolute atomic E-state index is 0.680. The zero-order valence-electron chi connectivity index (χ0n) is 13.0. The average Bonchev–Trinajstić information content (AvgIpc) is 3.34. The van der Waals surface area contributed by atoms with Crippen LogP contribution in [0.2, 0.25) is 0 Å². The number of hydrogen-bond acceptors (Lipinski definition) is 6. The summed E-state index contributed by atoms with van der Waals surface area (Å²) in [6.45, 7) is 3.94. The maximum absolute atomic E-state index is 5.16. The Bertz CT molecular complexity index is 395. The Morgan fingerprint density at radius 1 is 1.14 bits per heavy atom. The summed E-state index contributed by atoms with van der Waals surface area (Å²) in [4.78, 5) is 11.2. The Kier molecular flexibility index (Phi) is 6.85. The highest BCUT2D eigenvalue weighted by atomic mass is 16.5. The predicted molar refractivity (Wildman–Crippen MR) is 82.5 cm³/mol. The van der Waals surface area contributed by atoms with Crippen molar-refractivity contribution in [1.82, 2.24) is 15.3 Å². The predicted octanol–water partition coefficient (Wildman–Crippen LogP) is 1.22. The minimum Gasteiger partial charge on any atom is -0.385 e. The van der Waals surface area contributed by atoms with E-state index < -0.39 is 0 Å². The van der Waals surface area contributed by atoms with E-state index in [1.54, 1.807) is 14.2 Å². The zero-order chi connectivity index (χ0) is 14.9. The average molecular weight is 294 g/mol.